The normalized spacial score (nSPS) is 12.4. The molecule has 1 nitrogen and oxygen atoms in total. The first-order valence-electron chi connectivity index (χ1n) is 6.37. The fourth-order valence-electron chi connectivity index (χ4n) is 2.24. The first kappa shape index (κ1) is 13.7. The predicted molar refractivity (Wildman–Crippen MR) is 73.1 cm³/mol. The second-order valence-electron chi connectivity index (χ2n) is 4.46. The lowest BCUT2D eigenvalue weighted by Crippen LogP contribution is -2.19. The van der Waals surface area contributed by atoms with Crippen molar-refractivity contribution < 1.29 is 8.78 Å². The molecule has 0 saturated carbocycles. The van der Waals surface area contributed by atoms with Crippen LogP contribution in [0.2, 0.25) is 0 Å². The molecule has 0 aliphatic rings. The molecule has 1 N–H and O–H groups in total. The molecule has 0 spiro atoms. The van der Waals surface area contributed by atoms with Crippen molar-refractivity contribution in [1.29, 1.82) is 0 Å². The molecular weight excluding hydrogens is 244 g/mol. The van der Waals surface area contributed by atoms with Gasteiger partial charge in [-0.2, -0.15) is 0 Å². The molecule has 0 amide bonds. The van der Waals surface area contributed by atoms with Crippen LogP contribution in [0, 0.1) is 11.6 Å². The van der Waals surface area contributed by atoms with E-state index in [1.165, 1.54) is 11.6 Å². The smallest absolute Gasteiger partial charge is 0.163 e. The summed E-state index contributed by atoms with van der Waals surface area (Å²) in [6.45, 7) is 2.07. The van der Waals surface area contributed by atoms with E-state index in [0.29, 0.717) is 5.56 Å². The van der Waals surface area contributed by atoms with E-state index < -0.39 is 11.6 Å². The van der Waals surface area contributed by atoms with Gasteiger partial charge < -0.3 is 5.32 Å². The summed E-state index contributed by atoms with van der Waals surface area (Å²) >= 11 is 0. The number of nitrogens with one attached hydrogen (secondary N) is 1. The lowest BCUT2D eigenvalue weighted by Gasteiger charge is -2.18. The number of halogens is 2. The minimum atomic E-state index is -0.815. The Morgan fingerprint density at radius 2 is 1.84 bits per heavy atom. The monoisotopic (exact) mass is 261 g/mol. The van der Waals surface area contributed by atoms with E-state index in [1.807, 2.05) is 24.3 Å². The zero-order valence-corrected chi connectivity index (χ0v) is 11.1. The van der Waals surface area contributed by atoms with E-state index in [-0.39, 0.29) is 6.04 Å². The highest BCUT2D eigenvalue weighted by Gasteiger charge is 2.18. The molecule has 0 aromatic heterocycles. The van der Waals surface area contributed by atoms with Gasteiger partial charge >= 0.3 is 0 Å². The molecule has 0 radical (unpaired) electrons. The van der Waals surface area contributed by atoms with Gasteiger partial charge in [0.15, 0.2) is 11.6 Å². The Balaban J connectivity index is 2.46. The number of hydrogen-bond donors (Lipinski definition) is 1. The summed E-state index contributed by atoms with van der Waals surface area (Å²) in [4.78, 5) is 0. The average molecular weight is 261 g/mol. The van der Waals surface area contributed by atoms with Crippen molar-refractivity contribution in [3.05, 3.63) is 70.8 Å². The van der Waals surface area contributed by atoms with Crippen LogP contribution in [0.25, 0.3) is 0 Å². The molecule has 0 bridgehead atoms. The van der Waals surface area contributed by atoms with E-state index in [1.54, 1.807) is 13.1 Å². The molecule has 1 unspecified atom stereocenters. The van der Waals surface area contributed by atoms with Crippen molar-refractivity contribution in [2.75, 3.05) is 7.05 Å². The Bertz CT molecular complexity index is 566. The van der Waals surface area contributed by atoms with Crippen molar-refractivity contribution in [3.63, 3.8) is 0 Å². The number of benzene rings is 2. The largest absolute Gasteiger partial charge is 0.309 e. The Kier molecular flexibility index (Phi) is 4.27. The molecule has 1 atom stereocenters. The topological polar surface area (TPSA) is 12.0 Å². The van der Waals surface area contributed by atoms with Crippen LogP contribution in [0.5, 0.6) is 0 Å². The minimum absolute atomic E-state index is 0.329. The minimum Gasteiger partial charge on any atom is -0.309 e. The third-order valence-corrected chi connectivity index (χ3v) is 3.27. The lowest BCUT2D eigenvalue weighted by molar-refractivity contribution is 0.487. The van der Waals surface area contributed by atoms with Gasteiger partial charge in [-0.15, -0.1) is 0 Å². The quantitative estimate of drug-likeness (QED) is 0.881. The zero-order chi connectivity index (χ0) is 13.8. The van der Waals surface area contributed by atoms with Crippen LogP contribution in [0.1, 0.15) is 29.7 Å². The van der Waals surface area contributed by atoms with Crippen molar-refractivity contribution in [1.82, 2.24) is 5.32 Å². The Morgan fingerprint density at radius 1 is 1.11 bits per heavy atom. The summed E-state index contributed by atoms with van der Waals surface area (Å²) < 4.78 is 27.2. The van der Waals surface area contributed by atoms with Gasteiger partial charge in [-0.3, -0.25) is 0 Å². The van der Waals surface area contributed by atoms with Gasteiger partial charge in [-0.05, 0) is 30.7 Å². The first-order valence-corrected chi connectivity index (χ1v) is 6.37. The maximum Gasteiger partial charge on any atom is 0.163 e. The summed E-state index contributed by atoms with van der Waals surface area (Å²) in [5, 5.41) is 3.05. The van der Waals surface area contributed by atoms with E-state index in [9.17, 15) is 8.78 Å². The average Bonchev–Trinajstić information content (AvgIpc) is 2.44. The molecule has 2 aromatic carbocycles. The second-order valence-corrected chi connectivity index (χ2v) is 4.46. The molecule has 0 saturated heterocycles. The number of aryl methyl sites for hydroxylation is 1. The van der Waals surface area contributed by atoms with E-state index in [0.717, 1.165) is 18.1 Å². The maximum atomic E-state index is 13.9. The van der Waals surface area contributed by atoms with Gasteiger partial charge in [0.25, 0.3) is 0 Å². The molecular formula is C16H17F2N. The Labute approximate surface area is 112 Å². The molecule has 0 aliphatic heterocycles. The second kappa shape index (κ2) is 5.93. The van der Waals surface area contributed by atoms with Crippen molar-refractivity contribution in [2.24, 2.45) is 0 Å². The van der Waals surface area contributed by atoms with Crippen molar-refractivity contribution in [2.45, 2.75) is 19.4 Å². The number of hydrogen-bond acceptors (Lipinski definition) is 1. The van der Waals surface area contributed by atoms with E-state index in [4.69, 9.17) is 0 Å². The highest BCUT2D eigenvalue weighted by Crippen LogP contribution is 2.26. The fraction of sp³-hybridized carbons (Fsp3) is 0.250. The van der Waals surface area contributed by atoms with E-state index in [2.05, 4.69) is 12.2 Å². The summed E-state index contributed by atoms with van der Waals surface area (Å²) in [6.07, 6.45) is 0.913. The Morgan fingerprint density at radius 3 is 2.53 bits per heavy atom. The van der Waals surface area contributed by atoms with Crippen LogP contribution < -0.4 is 5.32 Å². The predicted octanol–water partition coefficient (Wildman–Crippen LogP) is 3.84. The zero-order valence-electron chi connectivity index (χ0n) is 11.1. The van der Waals surface area contributed by atoms with Crippen LogP contribution in [0.4, 0.5) is 8.78 Å². The van der Waals surface area contributed by atoms with Gasteiger partial charge in [-0.25, -0.2) is 8.78 Å². The van der Waals surface area contributed by atoms with Crippen LogP contribution >= 0.6 is 0 Å². The summed E-state index contributed by atoms with van der Waals surface area (Å²) in [5.74, 6) is -1.60. The standard InChI is InChI=1S/C16H17F2N/c1-3-11-6-4-7-12(10-11)16(19-2)13-8-5-9-14(17)15(13)18/h4-10,16,19H,3H2,1-2H3. The summed E-state index contributed by atoms with van der Waals surface area (Å²) in [5.41, 5.74) is 2.44. The third kappa shape index (κ3) is 2.82. The highest BCUT2D eigenvalue weighted by atomic mass is 19.2. The lowest BCUT2D eigenvalue weighted by atomic mass is 9.96. The van der Waals surface area contributed by atoms with Crippen LogP contribution in [0.15, 0.2) is 42.5 Å². The SMILES string of the molecule is CCc1cccc(C(NC)c2cccc(F)c2F)c1. The van der Waals surface area contributed by atoms with Gasteiger partial charge in [0.2, 0.25) is 0 Å². The van der Waals surface area contributed by atoms with Crippen molar-refractivity contribution in [3.8, 4) is 0 Å². The molecule has 2 aromatic rings. The van der Waals surface area contributed by atoms with Crippen LogP contribution in [-0.2, 0) is 6.42 Å². The highest BCUT2D eigenvalue weighted by molar-refractivity contribution is 5.35. The molecule has 0 fully saturated rings. The third-order valence-electron chi connectivity index (χ3n) is 3.27. The molecule has 19 heavy (non-hydrogen) atoms. The summed E-state index contributed by atoms with van der Waals surface area (Å²) in [7, 11) is 1.74. The molecule has 3 heteroatoms. The maximum absolute atomic E-state index is 13.9. The van der Waals surface area contributed by atoms with E-state index >= 15 is 0 Å². The van der Waals surface area contributed by atoms with Gasteiger partial charge in [0.1, 0.15) is 0 Å². The molecule has 2 rings (SSSR count). The molecule has 100 valence electrons. The van der Waals surface area contributed by atoms with Gasteiger partial charge in [0.05, 0.1) is 6.04 Å². The van der Waals surface area contributed by atoms with Crippen LogP contribution in [-0.4, -0.2) is 7.05 Å². The molecule has 0 heterocycles. The van der Waals surface area contributed by atoms with Crippen molar-refractivity contribution >= 4 is 0 Å². The van der Waals surface area contributed by atoms with Crippen LogP contribution in [0.3, 0.4) is 0 Å². The summed E-state index contributed by atoms with van der Waals surface area (Å²) in [6, 6.07) is 11.8. The fourth-order valence-corrected chi connectivity index (χ4v) is 2.24. The van der Waals surface area contributed by atoms with Gasteiger partial charge in [-0.1, -0.05) is 43.3 Å². The molecule has 0 aliphatic carbocycles. The first-order chi connectivity index (χ1) is 9.17. The van der Waals surface area contributed by atoms with Gasteiger partial charge in [0, 0.05) is 5.56 Å². The number of rotatable bonds is 4. The Hall–Kier alpha value is -1.74.